The molecule has 2 heterocycles. The zero-order valence-corrected chi connectivity index (χ0v) is 10.1. The first-order valence-electron chi connectivity index (χ1n) is 5.77. The van der Waals surface area contributed by atoms with Gasteiger partial charge in [-0.25, -0.2) is 4.98 Å². The van der Waals surface area contributed by atoms with E-state index < -0.39 is 0 Å². The van der Waals surface area contributed by atoms with Crippen LogP contribution < -0.4 is 10.6 Å². The summed E-state index contributed by atoms with van der Waals surface area (Å²) in [6.45, 7) is 3.71. The first-order valence-corrected chi connectivity index (χ1v) is 5.77. The quantitative estimate of drug-likeness (QED) is 0.739. The Labute approximate surface area is 100 Å². The van der Waals surface area contributed by atoms with Crippen LogP contribution in [-0.2, 0) is 23.1 Å². The molecule has 17 heavy (non-hydrogen) atoms. The second kappa shape index (κ2) is 5.29. The van der Waals surface area contributed by atoms with Gasteiger partial charge in [0.25, 0.3) is 0 Å². The highest BCUT2D eigenvalue weighted by molar-refractivity contribution is 5.82. The molecule has 2 atom stereocenters. The first-order chi connectivity index (χ1) is 8.18. The van der Waals surface area contributed by atoms with E-state index in [9.17, 15) is 4.79 Å². The molecular weight excluding hydrogens is 220 g/mol. The topological polar surface area (TPSA) is 68.2 Å². The van der Waals surface area contributed by atoms with Gasteiger partial charge in [0.2, 0.25) is 5.91 Å². The molecule has 1 saturated heterocycles. The smallest absolute Gasteiger partial charge is 0.240 e. The Morgan fingerprint density at radius 2 is 2.59 bits per heavy atom. The number of rotatable bonds is 3. The van der Waals surface area contributed by atoms with E-state index in [0.717, 1.165) is 5.82 Å². The Morgan fingerprint density at radius 3 is 3.24 bits per heavy atom. The summed E-state index contributed by atoms with van der Waals surface area (Å²) < 4.78 is 7.31. The maximum absolute atomic E-state index is 11.9. The predicted molar refractivity (Wildman–Crippen MR) is 62.3 cm³/mol. The molecule has 2 rings (SSSR count). The van der Waals surface area contributed by atoms with Crippen LogP contribution in [0.4, 0.5) is 0 Å². The van der Waals surface area contributed by atoms with E-state index in [-0.39, 0.29) is 18.1 Å². The van der Waals surface area contributed by atoms with Gasteiger partial charge >= 0.3 is 0 Å². The van der Waals surface area contributed by atoms with Crippen LogP contribution in [0.1, 0.15) is 12.7 Å². The van der Waals surface area contributed by atoms with Crippen LogP contribution >= 0.6 is 0 Å². The van der Waals surface area contributed by atoms with Crippen LogP contribution in [0.5, 0.6) is 0 Å². The van der Waals surface area contributed by atoms with Crippen LogP contribution in [0.3, 0.4) is 0 Å². The van der Waals surface area contributed by atoms with Gasteiger partial charge in [0.05, 0.1) is 19.3 Å². The number of carbonyl (C=O) groups is 1. The van der Waals surface area contributed by atoms with Crippen molar-refractivity contribution in [3.8, 4) is 0 Å². The van der Waals surface area contributed by atoms with Gasteiger partial charge in [-0.05, 0) is 6.92 Å². The lowest BCUT2D eigenvalue weighted by Gasteiger charge is -2.29. The van der Waals surface area contributed by atoms with E-state index in [1.165, 1.54) is 0 Å². The molecular formula is C11H18N4O2. The summed E-state index contributed by atoms with van der Waals surface area (Å²) in [6.07, 6.45) is 3.48. The van der Waals surface area contributed by atoms with Crippen LogP contribution in [0.25, 0.3) is 0 Å². The number of imidazole rings is 1. The standard InChI is InChI=1S/C11H18N4O2/c1-8-10(13-4-6-17-8)11(16)14-7-9-12-3-5-15(9)2/h3,5,8,10,13H,4,6-7H2,1-2H3,(H,14,16)/t8-,10+/m1/s1. The summed E-state index contributed by atoms with van der Waals surface area (Å²) in [5.41, 5.74) is 0. The largest absolute Gasteiger partial charge is 0.375 e. The molecule has 1 aromatic rings. The van der Waals surface area contributed by atoms with Crippen molar-refractivity contribution < 1.29 is 9.53 Å². The number of aryl methyl sites for hydroxylation is 1. The van der Waals surface area contributed by atoms with E-state index >= 15 is 0 Å². The zero-order chi connectivity index (χ0) is 12.3. The monoisotopic (exact) mass is 238 g/mol. The van der Waals surface area contributed by atoms with Crippen LogP contribution in [0.2, 0.25) is 0 Å². The van der Waals surface area contributed by atoms with Gasteiger partial charge in [-0.1, -0.05) is 0 Å². The van der Waals surface area contributed by atoms with Crippen molar-refractivity contribution in [3.63, 3.8) is 0 Å². The third-order valence-electron chi connectivity index (χ3n) is 2.94. The Hall–Kier alpha value is -1.40. The maximum atomic E-state index is 11.9. The number of ether oxygens (including phenoxy) is 1. The van der Waals surface area contributed by atoms with Gasteiger partial charge in [0.15, 0.2) is 0 Å². The molecule has 94 valence electrons. The minimum atomic E-state index is -0.274. The highest BCUT2D eigenvalue weighted by Gasteiger charge is 2.28. The third kappa shape index (κ3) is 2.83. The molecule has 1 aliphatic rings. The van der Waals surface area contributed by atoms with Gasteiger partial charge in [-0.15, -0.1) is 0 Å². The molecule has 0 unspecified atom stereocenters. The number of aromatic nitrogens is 2. The van der Waals surface area contributed by atoms with E-state index in [0.29, 0.717) is 19.7 Å². The maximum Gasteiger partial charge on any atom is 0.240 e. The highest BCUT2D eigenvalue weighted by Crippen LogP contribution is 2.04. The summed E-state index contributed by atoms with van der Waals surface area (Å²) in [7, 11) is 1.90. The molecule has 6 nitrogen and oxygen atoms in total. The fourth-order valence-corrected chi connectivity index (χ4v) is 1.87. The summed E-state index contributed by atoms with van der Waals surface area (Å²) in [5.74, 6) is 0.794. The van der Waals surface area contributed by atoms with E-state index in [4.69, 9.17) is 4.74 Å². The van der Waals surface area contributed by atoms with Crippen molar-refractivity contribution in [2.45, 2.75) is 25.6 Å². The number of nitrogens with one attached hydrogen (secondary N) is 2. The van der Waals surface area contributed by atoms with E-state index in [2.05, 4.69) is 15.6 Å². The van der Waals surface area contributed by atoms with Crippen molar-refractivity contribution in [1.29, 1.82) is 0 Å². The second-order valence-corrected chi connectivity index (χ2v) is 4.18. The number of carbonyl (C=O) groups excluding carboxylic acids is 1. The average Bonchev–Trinajstić information content (AvgIpc) is 2.72. The fraction of sp³-hybridized carbons (Fsp3) is 0.636. The average molecular weight is 238 g/mol. The normalized spacial score (nSPS) is 24.6. The molecule has 6 heteroatoms. The minimum Gasteiger partial charge on any atom is -0.375 e. The molecule has 2 N–H and O–H groups in total. The molecule has 0 aromatic carbocycles. The lowest BCUT2D eigenvalue weighted by molar-refractivity contribution is -0.129. The lowest BCUT2D eigenvalue weighted by Crippen LogP contribution is -2.55. The van der Waals surface area contributed by atoms with E-state index in [1.807, 2.05) is 24.7 Å². The number of hydrogen-bond acceptors (Lipinski definition) is 4. The Kier molecular flexibility index (Phi) is 3.75. The second-order valence-electron chi connectivity index (χ2n) is 4.18. The van der Waals surface area contributed by atoms with Crippen molar-refractivity contribution in [1.82, 2.24) is 20.2 Å². The van der Waals surface area contributed by atoms with Crippen LogP contribution in [0, 0.1) is 0 Å². The molecule has 0 bridgehead atoms. The SMILES string of the molecule is C[C@H]1OCCN[C@@H]1C(=O)NCc1nccn1C. The van der Waals surface area contributed by atoms with Crippen molar-refractivity contribution in [2.75, 3.05) is 13.2 Å². The summed E-state index contributed by atoms with van der Waals surface area (Å²) in [6, 6.07) is -0.274. The Bertz CT molecular complexity index is 391. The zero-order valence-electron chi connectivity index (χ0n) is 10.1. The number of nitrogens with zero attached hydrogens (tertiary/aromatic N) is 2. The highest BCUT2D eigenvalue weighted by atomic mass is 16.5. The van der Waals surface area contributed by atoms with Crippen LogP contribution in [-0.4, -0.2) is 40.8 Å². The summed E-state index contributed by atoms with van der Waals surface area (Å²) in [4.78, 5) is 16.1. The molecule has 1 fully saturated rings. The molecule has 1 amide bonds. The number of hydrogen-bond donors (Lipinski definition) is 2. The van der Waals surface area contributed by atoms with Gasteiger partial charge < -0.3 is 19.9 Å². The van der Waals surface area contributed by atoms with Crippen LogP contribution in [0.15, 0.2) is 12.4 Å². The molecule has 0 saturated carbocycles. The molecule has 1 aliphatic heterocycles. The van der Waals surface area contributed by atoms with Gasteiger partial charge in [-0.3, -0.25) is 4.79 Å². The Morgan fingerprint density at radius 1 is 1.76 bits per heavy atom. The molecule has 1 aromatic heterocycles. The van der Waals surface area contributed by atoms with Crippen molar-refractivity contribution in [2.24, 2.45) is 7.05 Å². The van der Waals surface area contributed by atoms with E-state index in [1.54, 1.807) is 6.20 Å². The third-order valence-corrected chi connectivity index (χ3v) is 2.94. The number of morpholine rings is 1. The minimum absolute atomic E-state index is 0.0415. The fourth-order valence-electron chi connectivity index (χ4n) is 1.87. The molecule has 0 spiro atoms. The van der Waals surface area contributed by atoms with Gasteiger partial charge in [0.1, 0.15) is 11.9 Å². The molecule has 0 aliphatic carbocycles. The number of amides is 1. The van der Waals surface area contributed by atoms with Crippen molar-refractivity contribution in [3.05, 3.63) is 18.2 Å². The lowest BCUT2D eigenvalue weighted by atomic mass is 10.1. The van der Waals surface area contributed by atoms with Gasteiger partial charge in [-0.2, -0.15) is 0 Å². The van der Waals surface area contributed by atoms with Gasteiger partial charge in [0, 0.05) is 26.0 Å². The first kappa shape index (κ1) is 12.1. The Balaban J connectivity index is 1.86. The summed E-state index contributed by atoms with van der Waals surface area (Å²) >= 11 is 0. The predicted octanol–water partition coefficient (Wildman–Crippen LogP) is -0.587. The molecule has 0 radical (unpaired) electrons. The summed E-state index contributed by atoms with van der Waals surface area (Å²) in [5, 5.41) is 6.01. The van der Waals surface area contributed by atoms with Crippen molar-refractivity contribution >= 4 is 5.91 Å².